The summed E-state index contributed by atoms with van der Waals surface area (Å²) in [5.74, 6) is -1.26. The van der Waals surface area contributed by atoms with Gasteiger partial charge in [-0.2, -0.15) is 0 Å². The monoisotopic (exact) mass is 330 g/mol. The SMILES string of the molecule is CCCNC(=O)[C@H](C)NC(=O)c1cc(F)ccc1Br. The average molecular weight is 331 g/mol. The van der Waals surface area contributed by atoms with Crippen LogP contribution in [0.3, 0.4) is 0 Å². The van der Waals surface area contributed by atoms with Crippen LogP contribution >= 0.6 is 15.9 Å². The van der Waals surface area contributed by atoms with Gasteiger partial charge in [0.15, 0.2) is 0 Å². The number of carbonyl (C=O) groups excluding carboxylic acids is 2. The Morgan fingerprint density at radius 1 is 1.42 bits per heavy atom. The number of rotatable bonds is 5. The van der Waals surface area contributed by atoms with Crippen LogP contribution in [0.5, 0.6) is 0 Å². The third kappa shape index (κ3) is 4.63. The second-order valence-electron chi connectivity index (χ2n) is 4.11. The summed E-state index contributed by atoms with van der Waals surface area (Å²) in [5, 5.41) is 5.20. The first-order chi connectivity index (χ1) is 8.95. The molecule has 1 rings (SSSR count). The van der Waals surface area contributed by atoms with Gasteiger partial charge in [-0.15, -0.1) is 0 Å². The minimum atomic E-state index is -0.672. The van der Waals surface area contributed by atoms with Crippen molar-refractivity contribution in [2.24, 2.45) is 0 Å². The van der Waals surface area contributed by atoms with Gasteiger partial charge >= 0.3 is 0 Å². The standard InChI is InChI=1S/C13H16BrFN2O2/c1-3-6-16-12(18)8(2)17-13(19)10-7-9(15)4-5-11(10)14/h4-5,7-8H,3,6H2,1-2H3,(H,16,18)(H,17,19)/t8-/m0/s1. The lowest BCUT2D eigenvalue weighted by Crippen LogP contribution is -2.45. The zero-order chi connectivity index (χ0) is 14.4. The Kier molecular flexibility index (Phi) is 5.95. The Morgan fingerprint density at radius 2 is 2.11 bits per heavy atom. The van der Waals surface area contributed by atoms with Gasteiger partial charge in [0.25, 0.3) is 5.91 Å². The van der Waals surface area contributed by atoms with Crippen LogP contribution in [0, 0.1) is 5.82 Å². The number of benzene rings is 1. The molecule has 104 valence electrons. The van der Waals surface area contributed by atoms with E-state index in [9.17, 15) is 14.0 Å². The van der Waals surface area contributed by atoms with Crippen molar-refractivity contribution in [1.29, 1.82) is 0 Å². The smallest absolute Gasteiger partial charge is 0.253 e. The molecule has 1 aromatic carbocycles. The Bertz CT molecular complexity index is 480. The van der Waals surface area contributed by atoms with Gasteiger partial charge in [0.05, 0.1) is 5.56 Å². The molecule has 0 heterocycles. The summed E-state index contributed by atoms with van der Waals surface area (Å²) >= 11 is 3.17. The van der Waals surface area contributed by atoms with Gasteiger partial charge in [-0.05, 0) is 47.5 Å². The highest BCUT2D eigenvalue weighted by Gasteiger charge is 2.18. The quantitative estimate of drug-likeness (QED) is 0.869. The molecule has 0 radical (unpaired) electrons. The van der Waals surface area contributed by atoms with Crippen molar-refractivity contribution in [3.63, 3.8) is 0 Å². The number of amides is 2. The van der Waals surface area contributed by atoms with Gasteiger partial charge in [0.1, 0.15) is 11.9 Å². The van der Waals surface area contributed by atoms with Crippen molar-refractivity contribution in [1.82, 2.24) is 10.6 Å². The fourth-order valence-corrected chi connectivity index (χ4v) is 1.84. The van der Waals surface area contributed by atoms with Crippen LogP contribution in [-0.2, 0) is 4.79 Å². The molecule has 0 aliphatic carbocycles. The minimum absolute atomic E-state index is 0.162. The van der Waals surface area contributed by atoms with E-state index in [-0.39, 0.29) is 11.5 Å². The second-order valence-corrected chi connectivity index (χ2v) is 4.96. The van der Waals surface area contributed by atoms with Crippen molar-refractivity contribution in [2.75, 3.05) is 6.54 Å². The fraction of sp³-hybridized carbons (Fsp3) is 0.385. The van der Waals surface area contributed by atoms with Crippen LogP contribution in [-0.4, -0.2) is 24.4 Å². The van der Waals surface area contributed by atoms with E-state index in [4.69, 9.17) is 0 Å². The first kappa shape index (κ1) is 15.6. The van der Waals surface area contributed by atoms with Crippen LogP contribution in [0.2, 0.25) is 0 Å². The maximum Gasteiger partial charge on any atom is 0.253 e. The highest BCUT2D eigenvalue weighted by molar-refractivity contribution is 9.10. The van der Waals surface area contributed by atoms with Crippen LogP contribution in [0.4, 0.5) is 4.39 Å². The molecule has 19 heavy (non-hydrogen) atoms. The van der Waals surface area contributed by atoms with Gasteiger partial charge < -0.3 is 10.6 Å². The van der Waals surface area contributed by atoms with Crippen molar-refractivity contribution >= 4 is 27.7 Å². The molecule has 2 amide bonds. The molecule has 6 heteroatoms. The molecule has 2 N–H and O–H groups in total. The predicted molar refractivity (Wildman–Crippen MR) is 74.3 cm³/mol. The summed E-state index contributed by atoms with van der Waals surface area (Å²) in [6, 6.07) is 3.15. The zero-order valence-corrected chi connectivity index (χ0v) is 12.4. The van der Waals surface area contributed by atoms with Crippen LogP contribution < -0.4 is 10.6 Å². The molecular formula is C13H16BrFN2O2. The summed E-state index contributed by atoms with van der Waals surface area (Å²) < 4.78 is 13.6. The molecule has 0 saturated carbocycles. The highest BCUT2D eigenvalue weighted by Crippen LogP contribution is 2.17. The topological polar surface area (TPSA) is 58.2 Å². The van der Waals surface area contributed by atoms with Gasteiger partial charge in [0.2, 0.25) is 5.91 Å². The Balaban J connectivity index is 2.68. The minimum Gasteiger partial charge on any atom is -0.354 e. The molecule has 0 spiro atoms. The van der Waals surface area contributed by atoms with Crippen molar-refractivity contribution < 1.29 is 14.0 Å². The zero-order valence-electron chi connectivity index (χ0n) is 10.8. The lowest BCUT2D eigenvalue weighted by atomic mass is 10.2. The summed E-state index contributed by atoms with van der Waals surface area (Å²) in [7, 11) is 0. The van der Waals surface area contributed by atoms with Crippen molar-refractivity contribution in [3.05, 3.63) is 34.1 Å². The summed E-state index contributed by atoms with van der Waals surface area (Å²) in [6.07, 6.45) is 0.821. The number of hydrogen-bond acceptors (Lipinski definition) is 2. The number of halogens is 2. The van der Waals surface area contributed by atoms with Crippen LogP contribution in [0.1, 0.15) is 30.6 Å². The summed E-state index contributed by atoms with van der Waals surface area (Å²) in [4.78, 5) is 23.5. The third-order valence-electron chi connectivity index (χ3n) is 2.46. The fourth-order valence-electron chi connectivity index (χ4n) is 1.41. The van der Waals surface area contributed by atoms with Crippen LogP contribution in [0.25, 0.3) is 0 Å². The molecule has 0 fully saturated rings. The molecule has 0 bridgehead atoms. The van der Waals surface area contributed by atoms with E-state index in [2.05, 4.69) is 26.6 Å². The number of hydrogen-bond donors (Lipinski definition) is 2. The van der Waals surface area contributed by atoms with Gasteiger partial charge in [-0.1, -0.05) is 6.92 Å². The van der Waals surface area contributed by atoms with E-state index < -0.39 is 17.8 Å². The second kappa shape index (κ2) is 7.23. The third-order valence-corrected chi connectivity index (χ3v) is 3.15. The predicted octanol–water partition coefficient (Wildman–Crippen LogP) is 2.23. The normalized spacial score (nSPS) is 11.8. The van der Waals surface area contributed by atoms with E-state index in [1.807, 2.05) is 6.92 Å². The van der Waals surface area contributed by atoms with Gasteiger partial charge in [-0.3, -0.25) is 9.59 Å². The largest absolute Gasteiger partial charge is 0.354 e. The molecule has 0 aliphatic heterocycles. The van der Waals surface area contributed by atoms with E-state index in [1.54, 1.807) is 6.92 Å². The molecule has 1 aromatic rings. The molecule has 0 aliphatic rings. The average Bonchev–Trinajstić information content (AvgIpc) is 2.38. The van der Waals surface area contributed by atoms with E-state index in [0.29, 0.717) is 11.0 Å². The first-order valence-corrected chi connectivity index (χ1v) is 6.78. The molecule has 0 aromatic heterocycles. The lowest BCUT2D eigenvalue weighted by Gasteiger charge is -2.14. The van der Waals surface area contributed by atoms with Crippen LogP contribution in [0.15, 0.2) is 22.7 Å². The highest BCUT2D eigenvalue weighted by atomic mass is 79.9. The number of nitrogens with one attached hydrogen (secondary N) is 2. The Hall–Kier alpha value is -1.43. The Morgan fingerprint density at radius 3 is 2.74 bits per heavy atom. The van der Waals surface area contributed by atoms with Gasteiger partial charge in [-0.25, -0.2) is 4.39 Å². The maximum atomic E-state index is 13.1. The number of carbonyl (C=O) groups is 2. The molecular weight excluding hydrogens is 315 g/mol. The lowest BCUT2D eigenvalue weighted by molar-refractivity contribution is -0.122. The maximum absolute atomic E-state index is 13.1. The summed E-state index contributed by atoms with van der Waals surface area (Å²) in [6.45, 7) is 4.08. The van der Waals surface area contributed by atoms with Crippen molar-refractivity contribution in [3.8, 4) is 0 Å². The van der Waals surface area contributed by atoms with Crippen molar-refractivity contribution in [2.45, 2.75) is 26.3 Å². The molecule has 1 atom stereocenters. The Labute approximate surface area is 119 Å². The van der Waals surface area contributed by atoms with E-state index in [0.717, 1.165) is 12.5 Å². The van der Waals surface area contributed by atoms with Gasteiger partial charge in [0, 0.05) is 11.0 Å². The molecule has 4 nitrogen and oxygen atoms in total. The molecule has 0 unspecified atom stereocenters. The summed E-state index contributed by atoms with van der Waals surface area (Å²) in [5.41, 5.74) is 0.162. The van der Waals surface area contributed by atoms with E-state index >= 15 is 0 Å². The van der Waals surface area contributed by atoms with E-state index in [1.165, 1.54) is 12.1 Å². The molecule has 0 saturated heterocycles. The first-order valence-electron chi connectivity index (χ1n) is 5.99.